The molecule has 0 aromatic heterocycles. The Bertz CT molecular complexity index is 24.3. The molecule has 0 aliphatic heterocycles. The van der Waals surface area contributed by atoms with Gasteiger partial charge in [0.05, 0.1) is 0 Å². The van der Waals surface area contributed by atoms with E-state index in [1.165, 1.54) is 0 Å². The molecule has 0 aromatic rings. The number of rotatable bonds is 0. The summed E-state index contributed by atoms with van der Waals surface area (Å²) in [6.07, 6.45) is 0. The maximum Gasteiger partial charge on any atom is 0.135 e. The third kappa shape index (κ3) is 33.2. The summed E-state index contributed by atoms with van der Waals surface area (Å²) in [4.78, 5) is 0. The Kier molecular flexibility index (Phi) is 7.86. The number of hydrogen-bond donors (Lipinski definition) is 0. The van der Waals surface area contributed by atoms with Crippen LogP contribution in [0.15, 0.2) is 0 Å². The predicted molar refractivity (Wildman–Crippen MR) is 34.9 cm³/mol. The molecule has 0 saturated heterocycles. The van der Waals surface area contributed by atoms with Crippen LogP contribution in [-0.2, 0) is 26.2 Å². The van der Waals surface area contributed by atoms with Crippen molar-refractivity contribution in [3.63, 3.8) is 0 Å². The average molecular weight is 357 g/mol. The quantitative estimate of drug-likeness (QED) is 0.585. The minimum absolute atomic E-state index is 0. The Balaban J connectivity index is 0. The molecule has 0 heterocycles. The van der Waals surface area contributed by atoms with E-state index in [2.05, 4.69) is 54.7 Å². The van der Waals surface area contributed by atoms with Gasteiger partial charge in [-0.1, -0.05) is 47.8 Å². The summed E-state index contributed by atoms with van der Waals surface area (Å²) in [6.45, 7) is 3.52. The first-order chi connectivity index (χ1) is 2.00. The molecule has 0 rings (SSSR count). The smallest absolute Gasteiger partial charge is 0.0599 e. The maximum atomic E-state index is 3.52. The SMILES string of the molecule is [CH2]C(Br)(Br)Br.[Zr]. The van der Waals surface area contributed by atoms with Gasteiger partial charge in [0.2, 0.25) is 0 Å². The Hall–Kier alpha value is 2.32. The van der Waals surface area contributed by atoms with Crippen molar-refractivity contribution in [3.8, 4) is 0 Å². The van der Waals surface area contributed by atoms with Gasteiger partial charge in [-0.05, 0) is 6.92 Å². The van der Waals surface area contributed by atoms with E-state index in [0.29, 0.717) is 0 Å². The van der Waals surface area contributed by atoms with Crippen molar-refractivity contribution in [2.45, 2.75) is 2.14 Å². The molecule has 0 N–H and O–H groups in total. The molecule has 0 aliphatic carbocycles. The molecular formula is C2H2Br3Zr. The van der Waals surface area contributed by atoms with Gasteiger partial charge in [0.15, 0.2) is 0 Å². The molecule has 0 spiro atoms. The largest absolute Gasteiger partial charge is 0.135 e. The Labute approximate surface area is 82.0 Å². The molecule has 0 aliphatic rings. The summed E-state index contributed by atoms with van der Waals surface area (Å²) < 4.78 is -0.312. The van der Waals surface area contributed by atoms with E-state index < -0.39 is 0 Å². The van der Waals surface area contributed by atoms with Crippen molar-refractivity contribution in [2.24, 2.45) is 0 Å². The fourth-order valence-electron chi connectivity index (χ4n) is 0. The van der Waals surface area contributed by atoms with Gasteiger partial charge in [0.1, 0.15) is 2.14 Å². The molecule has 4 heteroatoms. The molecule has 0 atom stereocenters. The van der Waals surface area contributed by atoms with Crippen LogP contribution >= 0.6 is 47.8 Å². The molecule has 0 unspecified atom stereocenters. The number of alkyl halides is 3. The molecule has 0 aromatic carbocycles. The van der Waals surface area contributed by atoms with Crippen LogP contribution in [0.5, 0.6) is 0 Å². The average Bonchev–Trinajstić information content (AvgIpc) is 0.722. The molecule has 0 amide bonds. The van der Waals surface area contributed by atoms with Crippen molar-refractivity contribution >= 4 is 47.8 Å². The van der Waals surface area contributed by atoms with Gasteiger partial charge in [0, 0.05) is 26.2 Å². The van der Waals surface area contributed by atoms with Gasteiger partial charge in [-0.2, -0.15) is 0 Å². The first-order valence-electron chi connectivity index (χ1n) is 0.921. The first-order valence-corrected chi connectivity index (χ1v) is 3.30. The van der Waals surface area contributed by atoms with Gasteiger partial charge >= 0.3 is 0 Å². The minimum atomic E-state index is -0.312. The molecule has 6 heavy (non-hydrogen) atoms. The summed E-state index contributed by atoms with van der Waals surface area (Å²) >= 11 is 9.29. The van der Waals surface area contributed by atoms with Crippen molar-refractivity contribution in [1.82, 2.24) is 0 Å². The van der Waals surface area contributed by atoms with Crippen molar-refractivity contribution in [1.29, 1.82) is 0 Å². The van der Waals surface area contributed by atoms with Crippen molar-refractivity contribution in [3.05, 3.63) is 6.92 Å². The minimum Gasteiger partial charge on any atom is -0.0599 e. The summed E-state index contributed by atoms with van der Waals surface area (Å²) in [5, 5.41) is 0. The second kappa shape index (κ2) is 4.23. The normalized spacial score (nSPS) is 10.0. The van der Waals surface area contributed by atoms with Crippen LogP contribution < -0.4 is 0 Å². The molecule has 0 bridgehead atoms. The fraction of sp³-hybridized carbons (Fsp3) is 0.500. The Morgan fingerprint density at radius 3 is 1.17 bits per heavy atom. The van der Waals surface area contributed by atoms with E-state index >= 15 is 0 Å². The standard InChI is InChI=1S/C2H2Br3.Zr/c1-2(3,4)5;/h1H2;. The number of halogens is 3. The summed E-state index contributed by atoms with van der Waals surface area (Å²) in [6, 6.07) is 0. The van der Waals surface area contributed by atoms with Gasteiger partial charge < -0.3 is 0 Å². The summed E-state index contributed by atoms with van der Waals surface area (Å²) in [5.41, 5.74) is 0. The van der Waals surface area contributed by atoms with Crippen LogP contribution in [0.2, 0.25) is 0 Å². The fourth-order valence-corrected chi connectivity index (χ4v) is 0. The molecule has 1 radical (unpaired) electrons. The van der Waals surface area contributed by atoms with E-state index in [4.69, 9.17) is 0 Å². The third-order valence-electron chi connectivity index (χ3n) is 0. The first kappa shape index (κ1) is 11.2. The second-order valence-electron chi connectivity index (χ2n) is 0.615. The maximum absolute atomic E-state index is 3.52. The molecule has 0 saturated carbocycles. The van der Waals surface area contributed by atoms with Crippen LogP contribution in [-0.4, -0.2) is 2.14 Å². The third-order valence-corrected chi connectivity index (χ3v) is 0. The number of hydrogen-bond acceptors (Lipinski definition) is 0. The van der Waals surface area contributed by atoms with Gasteiger partial charge in [0.25, 0.3) is 0 Å². The van der Waals surface area contributed by atoms with Crippen LogP contribution in [0.4, 0.5) is 0 Å². The van der Waals surface area contributed by atoms with Crippen molar-refractivity contribution < 1.29 is 26.2 Å². The van der Waals surface area contributed by atoms with Gasteiger partial charge in [-0.15, -0.1) is 0 Å². The summed E-state index contributed by atoms with van der Waals surface area (Å²) in [5.74, 6) is 0. The zero-order valence-electron chi connectivity index (χ0n) is 2.84. The van der Waals surface area contributed by atoms with E-state index in [1.54, 1.807) is 0 Å². The van der Waals surface area contributed by atoms with E-state index in [0.717, 1.165) is 0 Å². The van der Waals surface area contributed by atoms with Crippen LogP contribution in [0.3, 0.4) is 0 Å². The molecular weight excluding hydrogens is 355 g/mol. The van der Waals surface area contributed by atoms with Crippen LogP contribution in [0.1, 0.15) is 0 Å². The zero-order valence-corrected chi connectivity index (χ0v) is 10.1. The van der Waals surface area contributed by atoms with E-state index in [9.17, 15) is 0 Å². The molecule has 0 nitrogen and oxygen atoms in total. The van der Waals surface area contributed by atoms with E-state index in [1.807, 2.05) is 0 Å². The Morgan fingerprint density at radius 2 is 1.17 bits per heavy atom. The monoisotopic (exact) mass is 353 g/mol. The molecule has 35 valence electrons. The van der Waals surface area contributed by atoms with Gasteiger partial charge in [-0.3, -0.25) is 0 Å². The zero-order chi connectivity index (χ0) is 4.50. The van der Waals surface area contributed by atoms with Crippen LogP contribution in [0, 0.1) is 6.92 Å². The van der Waals surface area contributed by atoms with Crippen LogP contribution in [0.25, 0.3) is 0 Å². The molecule has 0 fully saturated rings. The Morgan fingerprint density at radius 1 is 1.17 bits per heavy atom. The topological polar surface area (TPSA) is 0 Å². The van der Waals surface area contributed by atoms with E-state index in [-0.39, 0.29) is 28.3 Å². The van der Waals surface area contributed by atoms with Crippen molar-refractivity contribution in [2.75, 3.05) is 0 Å². The summed E-state index contributed by atoms with van der Waals surface area (Å²) in [7, 11) is 0. The van der Waals surface area contributed by atoms with Gasteiger partial charge in [-0.25, -0.2) is 0 Å². The predicted octanol–water partition coefficient (Wildman–Crippen LogP) is 2.66. The second-order valence-corrected chi connectivity index (χ2v) is 7.87.